The molecular formula is C9H10N2O3S. The third-order valence-corrected chi connectivity index (χ3v) is 3.68. The Morgan fingerprint density at radius 1 is 1.73 bits per heavy atom. The van der Waals surface area contributed by atoms with Gasteiger partial charge in [-0.3, -0.25) is 0 Å². The molecule has 5 nitrogen and oxygen atoms in total. The molecular weight excluding hydrogens is 216 g/mol. The maximum absolute atomic E-state index is 11.6. The molecule has 0 aromatic carbocycles. The number of hydrogen-bond donors (Lipinski definition) is 1. The number of nitrogens with zero attached hydrogens (tertiary/aromatic N) is 2. The molecule has 0 aliphatic carbocycles. The first-order valence-electron chi connectivity index (χ1n) is 4.52. The first-order chi connectivity index (χ1) is 7.13. The minimum atomic E-state index is -1.61. The Morgan fingerprint density at radius 2 is 2.47 bits per heavy atom. The Bertz CT molecular complexity index is 528. The van der Waals surface area contributed by atoms with E-state index in [9.17, 15) is 9.00 Å². The Morgan fingerprint density at radius 3 is 3.07 bits per heavy atom. The van der Waals surface area contributed by atoms with Crippen molar-refractivity contribution in [2.75, 3.05) is 6.54 Å². The number of carbonyl (C=O) groups is 1. The van der Waals surface area contributed by atoms with Gasteiger partial charge < -0.3 is 10.0 Å². The van der Waals surface area contributed by atoms with Gasteiger partial charge in [-0.05, 0) is 12.0 Å². The first kappa shape index (κ1) is 9.97. The Balaban J connectivity index is 2.46. The van der Waals surface area contributed by atoms with Crippen molar-refractivity contribution in [1.82, 2.24) is 4.90 Å². The average Bonchev–Trinajstić information content (AvgIpc) is 2.55. The van der Waals surface area contributed by atoms with Crippen LogP contribution in [0.3, 0.4) is 0 Å². The number of aliphatic imine (C=N–C) groups is 1. The molecule has 2 aliphatic rings. The highest BCUT2D eigenvalue weighted by atomic mass is 32.1. The second kappa shape index (κ2) is 3.54. The fourth-order valence-corrected chi connectivity index (χ4v) is 2.54. The lowest BCUT2D eigenvalue weighted by molar-refractivity contribution is -0.129. The van der Waals surface area contributed by atoms with Crippen molar-refractivity contribution in [2.45, 2.75) is 13.3 Å². The summed E-state index contributed by atoms with van der Waals surface area (Å²) in [6.45, 7) is 2.15. The summed E-state index contributed by atoms with van der Waals surface area (Å²) in [7, 11) is -1.61. The van der Waals surface area contributed by atoms with E-state index < -0.39 is 15.9 Å². The minimum absolute atomic E-state index is 0.00393. The number of hydrogen-bond acceptors (Lipinski definition) is 4. The second-order valence-electron chi connectivity index (χ2n) is 3.22. The van der Waals surface area contributed by atoms with E-state index in [1.165, 1.54) is 0 Å². The van der Waals surface area contributed by atoms with E-state index in [2.05, 4.69) is 4.99 Å². The molecule has 2 rings (SSSR count). The maximum Gasteiger partial charge on any atom is 0.346 e. The van der Waals surface area contributed by atoms with Gasteiger partial charge >= 0.3 is 5.97 Å². The Labute approximate surface area is 88.4 Å². The van der Waals surface area contributed by atoms with E-state index in [1.54, 1.807) is 17.3 Å². The SMILES string of the molecule is CCC1=CN2CC(C(=O)O)=S(=O)=C2N=C1. The van der Waals surface area contributed by atoms with Gasteiger partial charge in [0, 0.05) is 12.4 Å². The topological polar surface area (TPSA) is 70.0 Å². The molecule has 1 N–H and O–H groups in total. The van der Waals surface area contributed by atoms with Crippen LogP contribution in [-0.2, 0) is 14.8 Å². The van der Waals surface area contributed by atoms with E-state index in [1.807, 2.05) is 6.92 Å². The van der Waals surface area contributed by atoms with Crippen LogP contribution in [0.2, 0.25) is 0 Å². The number of rotatable bonds is 2. The molecule has 0 radical (unpaired) electrons. The van der Waals surface area contributed by atoms with Crippen LogP contribution >= 0.6 is 0 Å². The summed E-state index contributed by atoms with van der Waals surface area (Å²) in [5, 5.41) is 9.13. The lowest BCUT2D eigenvalue weighted by Gasteiger charge is -2.18. The molecule has 2 heterocycles. The van der Waals surface area contributed by atoms with Gasteiger partial charge in [0.15, 0.2) is 0 Å². The highest BCUT2D eigenvalue weighted by Crippen LogP contribution is 2.11. The van der Waals surface area contributed by atoms with E-state index in [0.29, 0.717) is 5.11 Å². The van der Waals surface area contributed by atoms with Crippen LogP contribution in [0.5, 0.6) is 0 Å². The lowest BCUT2D eigenvalue weighted by Crippen LogP contribution is -2.29. The van der Waals surface area contributed by atoms with Crippen molar-refractivity contribution in [3.63, 3.8) is 0 Å². The van der Waals surface area contributed by atoms with Gasteiger partial charge in [-0.15, -0.1) is 0 Å². The highest BCUT2D eigenvalue weighted by molar-refractivity contribution is 7.86. The van der Waals surface area contributed by atoms with E-state index in [-0.39, 0.29) is 11.4 Å². The number of carboxylic acids is 1. The second-order valence-corrected chi connectivity index (χ2v) is 4.62. The molecule has 0 saturated heterocycles. The van der Waals surface area contributed by atoms with Gasteiger partial charge in [0.1, 0.15) is 4.86 Å². The molecule has 0 bridgehead atoms. The summed E-state index contributed by atoms with van der Waals surface area (Å²) in [4.78, 5) is 16.4. The normalized spacial score (nSPS) is 19.4. The molecule has 2 aliphatic heterocycles. The molecule has 0 atom stereocenters. The zero-order valence-corrected chi connectivity index (χ0v) is 8.95. The van der Waals surface area contributed by atoms with Crippen molar-refractivity contribution >= 4 is 32.1 Å². The summed E-state index contributed by atoms with van der Waals surface area (Å²) < 4.78 is 11.6. The van der Waals surface area contributed by atoms with Crippen LogP contribution in [0.1, 0.15) is 13.3 Å². The largest absolute Gasteiger partial charge is 0.477 e. The van der Waals surface area contributed by atoms with Gasteiger partial charge in [0.05, 0.1) is 16.5 Å². The number of fused-ring (bicyclic) bond motifs is 1. The zero-order chi connectivity index (χ0) is 11.0. The van der Waals surface area contributed by atoms with Gasteiger partial charge in [0.2, 0.25) is 5.11 Å². The summed E-state index contributed by atoms with van der Waals surface area (Å²) in [6.07, 6.45) is 4.26. The van der Waals surface area contributed by atoms with Crippen LogP contribution in [0.15, 0.2) is 16.8 Å². The summed E-state index contributed by atoms with van der Waals surface area (Å²) in [5.41, 5.74) is 1.00. The van der Waals surface area contributed by atoms with Crippen molar-refractivity contribution in [1.29, 1.82) is 0 Å². The molecule has 15 heavy (non-hydrogen) atoms. The molecule has 0 aromatic rings. The number of aliphatic carboxylic acids is 1. The molecule has 6 heteroatoms. The van der Waals surface area contributed by atoms with Crippen molar-refractivity contribution in [3.8, 4) is 0 Å². The smallest absolute Gasteiger partial charge is 0.346 e. The molecule has 0 amide bonds. The minimum Gasteiger partial charge on any atom is -0.477 e. The summed E-state index contributed by atoms with van der Waals surface area (Å²) in [5.74, 6) is -1.11. The van der Waals surface area contributed by atoms with Crippen LogP contribution in [-0.4, -0.2) is 42.9 Å². The predicted molar refractivity (Wildman–Crippen MR) is 59.4 cm³/mol. The zero-order valence-electron chi connectivity index (χ0n) is 8.14. The molecule has 0 fully saturated rings. The average molecular weight is 226 g/mol. The third-order valence-electron chi connectivity index (χ3n) is 2.26. The van der Waals surface area contributed by atoms with Gasteiger partial charge in [0.25, 0.3) is 0 Å². The maximum atomic E-state index is 11.6. The summed E-state index contributed by atoms with van der Waals surface area (Å²) >= 11 is 0. The molecule has 80 valence electrons. The Hall–Kier alpha value is -1.56. The predicted octanol–water partition coefficient (Wildman–Crippen LogP) is -0.227. The molecule has 0 aromatic heterocycles. The lowest BCUT2D eigenvalue weighted by atomic mass is 10.2. The fourth-order valence-electron chi connectivity index (χ4n) is 1.42. The van der Waals surface area contributed by atoms with Crippen LogP contribution in [0.4, 0.5) is 0 Å². The van der Waals surface area contributed by atoms with Crippen LogP contribution in [0.25, 0.3) is 0 Å². The fraction of sp³-hybridized carbons (Fsp3) is 0.333. The van der Waals surface area contributed by atoms with E-state index >= 15 is 0 Å². The van der Waals surface area contributed by atoms with Crippen molar-refractivity contribution in [3.05, 3.63) is 11.8 Å². The third kappa shape index (κ3) is 1.56. The van der Waals surface area contributed by atoms with E-state index in [0.717, 1.165) is 12.0 Å². The number of allylic oxidation sites excluding steroid dienone is 1. The standard InChI is InChI=1S/C9H10N2O3S/c1-2-6-3-10-9-11(4-6)5-7(8(12)13)15(9)14/h3-4H,2,5H2,1H3,(H,12,13). The first-order valence-corrected chi connectivity index (χ1v) is 5.67. The highest BCUT2D eigenvalue weighted by Gasteiger charge is 2.26. The quantitative estimate of drug-likeness (QED) is 0.660. The van der Waals surface area contributed by atoms with Gasteiger partial charge in [-0.1, -0.05) is 6.92 Å². The Kier molecular flexibility index (Phi) is 2.36. The number of carboxylic acid groups (broad SMARTS) is 1. The van der Waals surface area contributed by atoms with Crippen LogP contribution < -0.4 is 0 Å². The van der Waals surface area contributed by atoms with Crippen molar-refractivity contribution in [2.24, 2.45) is 4.99 Å². The van der Waals surface area contributed by atoms with Crippen LogP contribution in [0, 0.1) is 0 Å². The van der Waals surface area contributed by atoms with Gasteiger partial charge in [-0.25, -0.2) is 14.0 Å². The van der Waals surface area contributed by atoms with Crippen molar-refractivity contribution < 1.29 is 14.1 Å². The summed E-state index contributed by atoms with van der Waals surface area (Å²) in [6, 6.07) is 0. The molecule has 0 unspecified atom stereocenters. The van der Waals surface area contributed by atoms with Gasteiger partial charge in [-0.2, -0.15) is 0 Å². The molecule has 0 spiro atoms. The monoisotopic (exact) mass is 226 g/mol. The molecule has 0 saturated carbocycles. The van der Waals surface area contributed by atoms with E-state index in [4.69, 9.17) is 5.11 Å².